The largest absolute Gasteiger partial charge is 0.618 e. The Morgan fingerprint density at radius 1 is 1.14 bits per heavy atom. The van der Waals surface area contributed by atoms with E-state index in [0.717, 1.165) is 11.3 Å². The number of nitrogens with zero attached hydrogens (tertiary/aromatic N) is 1. The van der Waals surface area contributed by atoms with Crippen molar-refractivity contribution in [3.05, 3.63) is 70.9 Å². The molecule has 2 rings (SSSR count). The molecular formula is C17H15NO4. The normalized spacial score (nSPS) is 11.6. The third-order valence-corrected chi connectivity index (χ3v) is 2.99. The van der Waals surface area contributed by atoms with E-state index in [-0.39, 0.29) is 5.56 Å². The van der Waals surface area contributed by atoms with E-state index in [4.69, 9.17) is 9.84 Å². The summed E-state index contributed by atoms with van der Waals surface area (Å²) in [6.45, 7) is 0. The number of ether oxygens (including phenoxy) is 1. The molecule has 5 nitrogen and oxygen atoms in total. The number of carboxylic acids is 1. The first-order chi connectivity index (χ1) is 10.6. The van der Waals surface area contributed by atoms with Crippen LogP contribution < -0.4 is 4.74 Å². The fraction of sp³-hybridized carbons (Fsp3) is 0.0588. The van der Waals surface area contributed by atoms with E-state index in [1.165, 1.54) is 30.5 Å². The lowest BCUT2D eigenvalue weighted by Crippen LogP contribution is -1.98. The molecule has 1 N–H and O–H groups in total. The van der Waals surface area contributed by atoms with Gasteiger partial charge in [0.05, 0.1) is 12.7 Å². The molecule has 0 aliphatic rings. The average molecular weight is 297 g/mol. The summed E-state index contributed by atoms with van der Waals surface area (Å²) in [5.74, 6) is -0.252. The van der Waals surface area contributed by atoms with Gasteiger partial charge in [-0.3, -0.25) is 0 Å². The lowest BCUT2D eigenvalue weighted by molar-refractivity contribution is -0.354. The van der Waals surface area contributed by atoms with E-state index in [0.29, 0.717) is 10.4 Å². The number of carboxylic acid groups (broad SMARTS) is 1. The van der Waals surface area contributed by atoms with Crippen molar-refractivity contribution in [2.75, 3.05) is 7.11 Å². The Kier molecular flexibility index (Phi) is 4.93. The molecule has 0 fully saturated rings. The first-order valence-electron chi connectivity index (χ1n) is 6.55. The van der Waals surface area contributed by atoms with Gasteiger partial charge in [-0.1, -0.05) is 12.1 Å². The molecule has 5 heteroatoms. The number of rotatable bonds is 5. The average Bonchev–Trinajstić information content (AvgIpc) is 2.55. The minimum absolute atomic E-state index is 0.144. The van der Waals surface area contributed by atoms with Gasteiger partial charge in [0.1, 0.15) is 5.75 Å². The zero-order valence-electron chi connectivity index (χ0n) is 12.0. The molecule has 0 bridgehead atoms. The molecule has 0 radical (unpaired) electrons. The van der Waals surface area contributed by atoms with Crippen LogP contribution in [0, 0.1) is 5.21 Å². The lowest BCUT2D eigenvalue weighted by atomic mass is 10.2. The van der Waals surface area contributed by atoms with E-state index in [2.05, 4.69) is 0 Å². The van der Waals surface area contributed by atoms with Crippen molar-refractivity contribution in [2.24, 2.45) is 0 Å². The summed E-state index contributed by atoms with van der Waals surface area (Å²) in [4.78, 5) is 10.7. The number of hydrogen-bond donors (Lipinski definition) is 1. The number of hydrogen-bond acceptors (Lipinski definition) is 3. The Hall–Kier alpha value is -3.08. The molecule has 0 saturated carbocycles. The van der Waals surface area contributed by atoms with Crippen LogP contribution in [0.2, 0.25) is 0 Å². The predicted molar refractivity (Wildman–Crippen MR) is 84.8 cm³/mol. The Balaban J connectivity index is 2.07. The van der Waals surface area contributed by atoms with Crippen LogP contribution in [0.1, 0.15) is 15.9 Å². The van der Waals surface area contributed by atoms with Gasteiger partial charge in [0, 0.05) is 18.2 Å². The highest BCUT2D eigenvalue weighted by atomic mass is 16.5. The molecule has 0 atom stereocenters. The van der Waals surface area contributed by atoms with E-state index in [9.17, 15) is 10.0 Å². The number of methoxy groups -OCH3 is 1. The summed E-state index contributed by atoms with van der Waals surface area (Å²) in [6.07, 6.45) is 4.77. The Labute approximate surface area is 128 Å². The third kappa shape index (κ3) is 3.96. The molecule has 2 aromatic rings. The van der Waals surface area contributed by atoms with Crippen LogP contribution >= 0.6 is 0 Å². The lowest BCUT2D eigenvalue weighted by Gasteiger charge is -2.02. The summed E-state index contributed by atoms with van der Waals surface area (Å²) >= 11 is 0. The molecule has 2 aromatic carbocycles. The van der Waals surface area contributed by atoms with Gasteiger partial charge in [0.2, 0.25) is 5.69 Å². The van der Waals surface area contributed by atoms with E-state index >= 15 is 0 Å². The standard InChI is InChI=1S/C17H15NO4/c1-22-16-10-4-13(5-11-16)3-2-12-18(21)15-8-6-14(7-9-15)17(19)20/h2-12H,1H3,(H,19,20). The minimum Gasteiger partial charge on any atom is -0.618 e. The molecule has 22 heavy (non-hydrogen) atoms. The minimum atomic E-state index is -1.02. The second-order valence-corrected chi connectivity index (χ2v) is 4.46. The van der Waals surface area contributed by atoms with Gasteiger partial charge in [0.15, 0.2) is 6.21 Å². The maximum absolute atomic E-state index is 11.9. The van der Waals surface area contributed by atoms with Gasteiger partial charge in [-0.2, -0.15) is 4.74 Å². The van der Waals surface area contributed by atoms with Crippen molar-refractivity contribution >= 4 is 23.9 Å². The van der Waals surface area contributed by atoms with Crippen LogP contribution in [-0.4, -0.2) is 29.1 Å². The Morgan fingerprint density at radius 3 is 2.32 bits per heavy atom. The summed E-state index contributed by atoms with van der Waals surface area (Å²) in [5.41, 5.74) is 1.45. The van der Waals surface area contributed by atoms with Crippen molar-refractivity contribution in [3.63, 3.8) is 0 Å². The van der Waals surface area contributed by atoms with E-state index < -0.39 is 5.97 Å². The molecule has 0 unspecified atom stereocenters. The fourth-order valence-corrected chi connectivity index (χ4v) is 1.78. The highest BCUT2D eigenvalue weighted by Gasteiger charge is 2.04. The maximum atomic E-state index is 11.9. The molecule has 0 aromatic heterocycles. The number of benzene rings is 2. The number of aromatic carboxylic acids is 1. The van der Waals surface area contributed by atoms with Crippen molar-refractivity contribution in [1.29, 1.82) is 0 Å². The fourth-order valence-electron chi connectivity index (χ4n) is 1.78. The summed E-state index contributed by atoms with van der Waals surface area (Å²) in [6, 6.07) is 13.1. The van der Waals surface area contributed by atoms with Crippen LogP contribution in [0.25, 0.3) is 6.08 Å². The van der Waals surface area contributed by atoms with Crippen LogP contribution in [0.5, 0.6) is 5.75 Å². The first kappa shape index (κ1) is 15.3. The maximum Gasteiger partial charge on any atom is 0.335 e. The molecule has 0 spiro atoms. The van der Waals surface area contributed by atoms with E-state index in [1.807, 2.05) is 24.3 Å². The van der Waals surface area contributed by atoms with Crippen LogP contribution in [-0.2, 0) is 0 Å². The zero-order valence-corrected chi connectivity index (χ0v) is 12.0. The second-order valence-electron chi connectivity index (χ2n) is 4.46. The van der Waals surface area contributed by atoms with Gasteiger partial charge in [0.25, 0.3) is 0 Å². The molecule has 0 aliphatic carbocycles. The van der Waals surface area contributed by atoms with Crippen LogP contribution in [0.4, 0.5) is 5.69 Å². The first-order valence-corrected chi connectivity index (χ1v) is 6.55. The summed E-state index contributed by atoms with van der Waals surface area (Å²) < 4.78 is 5.74. The van der Waals surface area contributed by atoms with Gasteiger partial charge in [-0.25, -0.2) is 4.79 Å². The van der Waals surface area contributed by atoms with Gasteiger partial charge < -0.3 is 15.1 Å². The molecule has 0 amide bonds. The number of allylic oxidation sites excluding steroid dienone is 1. The Morgan fingerprint density at radius 2 is 1.77 bits per heavy atom. The van der Waals surface area contributed by atoms with Crippen molar-refractivity contribution in [1.82, 2.24) is 0 Å². The third-order valence-electron chi connectivity index (χ3n) is 2.99. The number of carbonyl (C=O) groups is 1. The molecular weight excluding hydrogens is 282 g/mol. The zero-order chi connectivity index (χ0) is 15.9. The van der Waals surface area contributed by atoms with Gasteiger partial charge in [-0.05, 0) is 35.9 Å². The van der Waals surface area contributed by atoms with Crippen LogP contribution in [0.15, 0.2) is 54.6 Å². The van der Waals surface area contributed by atoms with Gasteiger partial charge >= 0.3 is 5.97 Å². The molecule has 112 valence electrons. The SMILES string of the molecule is COc1ccc(C=CC=[N+]([O-])c2ccc(C(=O)O)cc2)cc1. The quantitative estimate of drug-likeness (QED) is 0.398. The van der Waals surface area contributed by atoms with Crippen molar-refractivity contribution in [3.8, 4) is 5.75 Å². The van der Waals surface area contributed by atoms with Crippen molar-refractivity contribution < 1.29 is 19.4 Å². The van der Waals surface area contributed by atoms with Crippen LogP contribution in [0.3, 0.4) is 0 Å². The summed E-state index contributed by atoms with van der Waals surface area (Å²) in [5, 5.41) is 20.7. The van der Waals surface area contributed by atoms with E-state index in [1.54, 1.807) is 19.3 Å². The molecule has 0 aliphatic heterocycles. The van der Waals surface area contributed by atoms with Gasteiger partial charge in [-0.15, -0.1) is 0 Å². The molecule has 0 heterocycles. The molecule has 0 saturated heterocycles. The predicted octanol–water partition coefficient (Wildman–Crippen LogP) is 3.32. The Bertz CT molecular complexity index is 700. The smallest absolute Gasteiger partial charge is 0.335 e. The highest BCUT2D eigenvalue weighted by Crippen LogP contribution is 2.13. The topological polar surface area (TPSA) is 72.6 Å². The highest BCUT2D eigenvalue weighted by molar-refractivity contribution is 5.87. The monoisotopic (exact) mass is 297 g/mol. The second kappa shape index (κ2) is 7.08. The summed E-state index contributed by atoms with van der Waals surface area (Å²) in [7, 11) is 1.60. The van der Waals surface area contributed by atoms with Crippen molar-refractivity contribution in [2.45, 2.75) is 0 Å².